The van der Waals surface area contributed by atoms with Gasteiger partial charge in [0.15, 0.2) is 0 Å². The lowest BCUT2D eigenvalue weighted by atomic mass is 9.94. The van der Waals surface area contributed by atoms with Gasteiger partial charge in [0.25, 0.3) is 0 Å². The van der Waals surface area contributed by atoms with E-state index in [1.54, 1.807) is 11.6 Å². The lowest BCUT2D eigenvalue weighted by Gasteiger charge is -2.28. The fourth-order valence-corrected chi connectivity index (χ4v) is 3.38. The molecule has 1 aromatic heterocycles. The van der Waals surface area contributed by atoms with Gasteiger partial charge in [0.05, 0.1) is 5.57 Å². The molecule has 2 aromatic carbocycles. The molecule has 0 radical (unpaired) electrons. The Morgan fingerprint density at radius 1 is 1.18 bits per heavy atom. The van der Waals surface area contributed by atoms with Crippen LogP contribution in [-0.4, -0.2) is 20.7 Å². The molecule has 0 bridgehead atoms. The van der Waals surface area contributed by atoms with E-state index in [1.165, 1.54) is 11.9 Å². The van der Waals surface area contributed by atoms with Crippen molar-refractivity contribution in [2.45, 2.75) is 26.5 Å². The third kappa shape index (κ3) is 3.22. The maximum Gasteiger partial charge on any atom is 0.248 e. The minimum Gasteiger partial charge on any atom is -0.489 e. The molecule has 1 atom stereocenters. The fourth-order valence-electron chi connectivity index (χ4n) is 3.38. The molecule has 0 saturated carbocycles. The number of rotatable bonds is 5. The summed E-state index contributed by atoms with van der Waals surface area (Å²) in [5.41, 5.74) is 9.86. The van der Waals surface area contributed by atoms with Crippen LogP contribution in [0.4, 0.5) is 5.95 Å². The molecule has 4 rings (SSSR count). The highest BCUT2D eigenvalue weighted by Gasteiger charge is 2.33. The number of primary amides is 1. The summed E-state index contributed by atoms with van der Waals surface area (Å²) in [5.74, 6) is 0.716. The summed E-state index contributed by atoms with van der Waals surface area (Å²) in [6.07, 6.45) is 1.45. The number of anilines is 1. The first-order valence-electron chi connectivity index (χ1n) is 8.99. The zero-order valence-corrected chi connectivity index (χ0v) is 15.7. The van der Waals surface area contributed by atoms with Crippen molar-refractivity contribution in [2.24, 2.45) is 5.73 Å². The predicted molar refractivity (Wildman–Crippen MR) is 106 cm³/mol. The number of allylic oxidation sites excluding steroid dienone is 1. The second-order valence-corrected chi connectivity index (χ2v) is 6.77. The van der Waals surface area contributed by atoms with Gasteiger partial charge < -0.3 is 15.8 Å². The van der Waals surface area contributed by atoms with Gasteiger partial charge in [-0.05, 0) is 25.5 Å². The lowest BCUT2D eigenvalue weighted by Crippen LogP contribution is -2.32. The zero-order valence-electron chi connectivity index (χ0n) is 15.7. The zero-order chi connectivity index (χ0) is 19.7. The fraction of sp³-hybridized carbons (Fsp3) is 0.190. The molecule has 7 heteroatoms. The summed E-state index contributed by atoms with van der Waals surface area (Å²) in [6.45, 7) is 4.27. The van der Waals surface area contributed by atoms with Crippen molar-refractivity contribution in [3.05, 3.63) is 82.8 Å². The number of hydrogen-bond acceptors (Lipinski definition) is 5. The summed E-state index contributed by atoms with van der Waals surface area (Å²) in [5, 5.41) is 7.38. The summed E-state index contributed by atoms with van der Waals surface area (Å²) >= 11 is 0. The molecule has 1 aliphatic rings. The van der Waals surface area contributed by atoms with Crippen LogP contribution in [0.2, 0.25) is 0 Å². The van der Waals surface area contributed by atoms with Gasteiger partial charge in [0, 0.05) is 11.3 Å². The van der Waals surface area contributed by atoms with Gasteiger partial charge in [-0.25, -0.2) is 4.68 Å². The topological polar surface area (TPSA) is 95.1 Å². The van der Waals surface area contributed by atoms with E-state index >= 15 is 0 Å². The van der Waals surface area contributed by atoms with Crippen molar-refractivity contribution in [3.8, 4) is 5.75 Å². The SMILES string of the molecule is CC1=C(C(N)=O)[C@@H](c2ccccc2OCc2ccc(C)cc2)n2ncnc2N1. The summed E-state index contributed by atoms with van der Waals surface area (Å²) in [4.78, 5) is 16.4. The quantitative estimate of drug-likeness (QED) is 0.715. The number of carbonyl (C=O) groups is 1. The first-order valence-corrected chi connectivity index (χ1v) is 8.99. The van der Waals surface area contributed by atoms with E-state index in [9.17, 15) is 4.79 Å². The van der Waals surface area contributed by atoms with Crippen molar-refractivity contribution in [3.63, 3.8) is 0 Å². The highest BCUT2D eigenvalue weighted by atomic mass is 16.5. The molecule has 1 amide bonds. The first-order chi connectivity index (χ1) is 13.5. The van der Waals surface area contributed by atoms with Crippen LogP contribution in [0.25, 0.3) is 0 Å². The number of benzene rings is 2. The molecule has 7 nitrogen and oxygen atoms in total. The van der Waals surface area contributed by atoms with Crippen LogP contribution in [0.1, 0.15) is 29.7 Å². The Bertz CT molecular complexity index is 1050. The number of aromatic nitrogens is 3. The molecule has 3 N–H and O–H groups in total. The minimum atomic E-state index is -0.510. The van der Waals surface area contributed by atoms with E-state index in [0.29, 0.717) is 29.6 Å². The minimum absolute atomic E-state index is 0.418. The van der Waals surface area contributed by atoms with E-state index in [0.717, 1.165) is 11.1 Å². The Balaban J connectivity index is 1.73. The monoisotopic (exact) mass is 375 g/mol. The molecule has 1 aliphatic heterocycles. The summed E-state index contributed by atoms with van der Waals surface area (Å²) in [6, 6.07) is 15.3. The molecule has 0 aliphatic carbocycles. The van der Waals surface area contributed by atoms with Crippen LogP contribution in [-0.2, 0) is 11.4 Å². The highest BCUT2D eigenvalue weighted by molar-refractivity contribution is 5.95. The Kier molecular flexibility index (Phi) is 4.57. The number of aryl methyl sites for hydroxylation is 1. The number of carbonyl (C=O) groups excluding carboxylic acids is 1. The van der Waals surface area contributed by atoms with Crippen molar-refractivity contribution >= 4 is 11.9 Å². The molecule has 0 spiro atoms. The van der Waals surface area contributed by atoms with Crippen LogP contribution in [0.3, 0.4) is 0 Å². The number of ether oxygens (including phenoxy) is 1. The van der Waals surface area contributed by atoms with Crippen molar-refractivity contribution in [1.29, 1.82) is 0 Å². The Labute approximate surface area is 162 Å². The average molecular weight is 375 g/mol. The third-order valence-electron chi connectivity index (χ3n) is 4.79. The summed E-state index contributed by atoms with van der Waals surface area (Å²) in [7, 11) is 0. The molecule has 142 valence electrons. The molecule has 0 fully saturated rings. The van der Waals surface area contributed by atoms with E-state index in [2.05, 4.69) is 27.5 Å². The number of fused-ring (bicyclic) bond motifs is 1. The molecule has 0 unspecified atom stereocenters. The Morgan fingerprint density at radius 2 is 1.93 bits per heavy atom. The van der Waals surface area contributed by atoms with Crippen LogP contribution in [0.5, 0.6) is 5.75 Å². The average Bonchev–Trinajstić information content (AvgIpc) is 3.14. The van der Waals surface area contributed by atoms with Crippen LogP contribution in [0.15, 0.2) is 66.1 Å². The largest absolute Gasteiger partial charge is 0.489 e. The third-order valence-corrected chi connectivity index (χ3v) is 4.79. The highest BCUT2D eigenvalue weighted by Crippen LogP contribution is 2.38. The van der Waals surface area contributed by atoms with Crippen molar-refractivity contribution in [2.75, 3.05) is 5.32 Å². The Morgan fingerprint density at radius 3 is 2.68 bits per heavy atom. The number of nitrogens with one attached hydrogen (secondary N) is 1. The van der Waals surface area contributed by atoms with Crippen LogP contribution >= 0.6 is 0 Å². The summed E-state index contributed by atoms with van der Waals surface area (Å²) < 4.78 is 7.77. The number of nitrogens with two attached hydrogens (primary N) is 1. The maximum absolute atomic E-state index is 12.2. The second-order valence-electron chi connectivity index (χ2n) is 6.77. The molecule has 2 heterocycles. The van der Waals surface area contributed by atoms with E-state index in [1.807, 2.05) is 43.3 Å². The molecule has 0 saturated heterocycles. The van der Waals surface area contributed by atoms with Crippen LogP contribution in [0, 0.1) is 6.92 Å². The number of hydrogen-bond donors (Lipinski definition) is 2. The van der Waals surface area contributed by atoms with Gasteiger partial charge in [-0.1, -0.05) is 48.0 Å². The van der Waals surface area contributed by atoms with E-state index < -0.39 is 11.9 Å². The number of amides is 1. The molecule has 3 aromatic rings. The smallest absolute Gasteiger partial charge is 0.248 e. The maximum atomic E-state index is 12.2. The van der Waals surface area contributed by atoms with Crippen LogP contribution < -0.4 is 15.8 Å². The lowest BCUT2D eigenvalue weighted by molar-refractivity contribution is -0.115. The van der Waals surface area contributed by atoms with Crippen molar-refractivity contribution in [1.82, 2.24) is 14.8 Å². The van der Waals surface area contributed by atoms with E-state index in [-0.39, 0.29) is 0 Å². The second kappa shape index (κ2) is 7.19. The number of para-hydroxylation sites is 1. The molecular weight excluding hydrogens is 354 g/mol. The first kappa shape index (κ1) is 17.8. The number of nitrogens with zero attached hydrogens (tertiary/aromatic N) is 3. The Hall–Kier alpha value is -3.61. The van der Waals surface area contributed by atoms with Gasteiger partial charge in [-0.2, -0.15) is 10.1 Å². The van der Waals surface area contributed by atoms with Gasteiger partial charge in [-0.15, -0.1) is 0 Å². The van der Waals surface area contributed by atoms with E-state index in [4.69, 9.17) is 10.5 Å². The molecule has 28 heavy (non-hydrogen) atoms. The predicted octanol–water partition coefficient (Wildman–Crippen LogP) is 2.94. The van der Waals surface area contributed by atoms with Gasteiger partial charge in [-0.3, -0.25) is 4.79 Å². The van der Waals surface area contributed by atoms with Gasteiger partial charge in [0.1, 0.15) is 24.7 Å². The van der Waals surface area contributed by atoms with Crippen molar-refractivity contribution < 1.29 is 9.53 Å². The molecular formula is C21H21N5O2. The normalized spacial score (nSPS) is 15.7. The van der Waals surface area contributed by atoms with Gasteiger partial charge >= 0.3 is 0 Å². The standard InChI is InChI=1S/C21H21N5O2/c1-13-7-9-15(10-8-13)11-28-17-6-4-3-5-16(17)19-18(20(22)27)14(2)25-21-23-12-24-26(19)21/h3-10,12,19H,11H2,1-2H3,(H2,22,27)(H,23,24,25)/t19-/m1/s1. The van der Waals surface area contributed by atoms with Gasteiger partial charge in [0.2, 0.25) is 11.9 Å².